The molecule has 0 aliphatic carbocycles. The molecule has 0 radical (unpaired) electrons. The first-order valence-corrected chi connectivity index (χ1v) is 3.45. The smallest absolute Gasteiger partial charge is 0.213 e. The SMILES string of the molecule is OCc1nc(F)ccc1Br. The Morgan fingerprint density at radius 2 is 2.30 bits per heavy atom. The van der Waals surface area contributed by atoms with Crippen molar-refractivity contribution in [2.45, 2.75) is 6.61 Å². The van der Waals surface area contributed by atoms with Gasteiger partial charge in [0, 0.05) is 4.47 Å². The molecule has 2 nitrogen and oxygen atoms in total. The lowest BCUT2D eigenvalue weighted by Crippen LogP contribution is -1.92. The van der Waals surface area contributed by atoms with Gasteiger partial charge in [0.1, 0.15) is 0 Å². The molecule has 10 heavy (non-hydrogen) atoms. The number of nitrogens with zero attached hydrogens (tertiary/aromatic N) is 1. The fraction of sp³-hybridized carbons (Fsp3) is 0.167. The molecule has 0 unspecified atom stereocenters. The minimum Gasteiger partial charge on any atom is -0.390 e. The topological polar surface area (TPSA) is 33.1 Å². The summed E-state index contributed by atoms with van der Waals surface area (Å²) in [6, 6.07) is 2.73. The van der Waals surface area contributed by atoms with Gasteiger partial charge in [-0.15, -0.1) is 0 Å². The van der Waals surface area contributed by atoms with Crippen LogP contribution in [0.4, 0.5) is 4.39 Å². The largest absolute Gasteiger partial charge is 0.390 e. The lowest BCUT2D eigenvalue weighted by Gasteiger charge is -1.96. The van der Waals surface area contributed by atoms with Crippen LogP contribution < -0.4 is 0 Å². The summed E-state index contributed by atoms with van der Waals surface area (Å²) in [5, 5.41) is 8.58. The number of aliphatic hydroxyl groups excluding tert-OH is 1. The maximum Gasteiger partial charge on any atom is 0.213 e. The molecule has 4 heteroatoms. The third-order valence-electron chi connectivity index (χ3n) is 1.03. The lowest BCUT2D eigenvalue weighted by atomic mass is 10.4. The highest BCUT2D eigenvalue weighted by Gasteiger charge is 2.00. The second kappa shape index (κ2) is 3.07. The van der Waals surface area contributed by atoms with Crippen LogP contribution in [0.3, 0.4) is 0 Å². The van der Waals surface area contributed by atoms with Gasteiger partial charge in [0.25, 0.3) is 0 Å². The number of aliphatic hydroxyl groups is 1. The molecule has 1 aromatic rings. The molecular formula is C6H5BrFNO. The van der Waals surface area contributed by atoms with E-state index in [-0.39, 0.29) is 6.61 Å². The van der Waals surface area contributed by atoms with Crippen LogP contribution >= 0.6 is 15.9 Å². The third-order valence-corrected chi connectivity index (χ3v) is 1.76. The Kier molecular flexibility index (Phi) is 2.34. The van der Waals surface area contributed by atoms with Crippen molar-refractivity contribution >= 4 is 15.9 Å². The van der Waals surface area contributed by atoms with Crippen molar-refractivity contribution in [3.8, 4) is 0 Å². The second-order valence-corrected chi connectivity index (χ2v) is 2.57. The van der Waals surface area contributed by atoms with Crippen molar-refractivity contribution < 1.29 is 9.50 Å². The van der Waals surface area contributed by atoms with E-state index < -0.39 is 5.95 Å². The number of rotatable bonds is 1. The van der Waals surface area contributed by atoms with Crippen LogP contribution in [0, 0.1) is 5.95 Å². The second-order valence-electron chi connectivity index (χ2n) is 1.72. The summed E-state index contributed by atoms with van der Waals surface area (Å²) >= 11 is 3.10. The van der Waals surface area contributed by atoms with Gasteiger partial charge in [-0.3, -0.25) is 0 Å². The standard InChI is InChI=1S/C6H5BrFNO/c7-4-1-2-6(8)9-5(4)3-10/h1-2,10H,3H2. The predicted octanol–water partition coefficient (Wildman–Crippen LogP) is 1.48. The first-order chi connectivity index (χ1) is 4.74. The van der Waals surface area contributed by atoms with Gasteiger partial charge in [0.2, 0.25) is 5.95 Å². The van der Waals surface area contributed by atoms with Gasteiger partial charge in [-0.25, -0.2) is 4.98 Å². The van der Waals surface area contributed by atoms with Crippen LogP contribution in [0.15, 0.2) is 16.6 Å². The summed E-state index contributed by atoms with van der Waals surface area (Å²) in [7, 11) is 0. The predicted molar refractivity (Wildman–Crippen MR) is 37.8 cm³/mol. The molecule has 0 aliphatic rings. The monoisotopic (exact) mass is 205 g/mol. The number of pyridine rings is 1. The van der Waals surface area contributed by atoms with E-state index in [1.54, 1.807) is 0 Å². The van der Waals surface area contributed by atoms with E-state index in [1.165, 1.54) is 12.1 Å². The fourth-order valence-electron chi connectivity index (χ4n) is 0.569. The first kappa shape index (κ1) is 7.63. The maximum absolute atomic E-state index is 12.3. The normalized spacial score (nSPS) is 9.90. The number of hydrogen-bond donors (Lipinski definition) is 1. The molecule has 1 aromatic heterocycles. The van der Waals surface area contributed by atoms with Gasteiger partial charge in [-0.2, -0.15) is 4.39 Å². The average Bonchev–Trinajstić information content (AvgIpc) is 1.94. The number of aromatic nitrogens is 1. The highest BCUT2D eigenvalue weighted by atomic mass is 79.9. The van der Waals surface area contributed by atoms with Gasteiger partial charge in [-0.1, -0.05) is 0 Å². The zero-order valence-electron chi connectivity index (χ0n) is 5.01. The molecule has 1 rings (SSSR count). The summed E-state index contributed by atoms with van der Waals surface area (Å²) in [6.07, 6.45) is 0. The Balaban J connectivity index is 3.09. The molecule has 0 amide bonds. The van der Waals surface area contributed by atoms with Crippen LogP contribution in [0.1, 0.15) is 5.69 Å². The Hall–Kier alpha value is -0.480. The molecule has 0 fully saturated rings. The van der Waals surface area contributed by atoms with Gasteiger partial charge >= 0.3 is 0 Å². The van der Waals surface area contributed by atoms with E-state index in [1.807, 2.05) is 0 Å². The van der Waals surface area contributed by atoms with Crippen molar-refractivity contribution in [1.29, 1.82) is 0 Å². The molecular weight excluding hydrogens is 201 g/mol. The molecule has 54 valence electrons. The van der Waals surface area contributed by atoms with Gasteiger partial charge in [0.15, 0.2) is 0 Å². The van der Waals surface area contributed by atoms with Crippen molar-refractivity contribution in [2.75, 3.05) is 0 Å². The van der Waals surface area contributed by atoms with Crippen LogP contribution in [0.5, 0.6) is 0 Å². The summed E-state index contributed by atoms with van der Waals surface area (Å²) in [6.45, 7) is -0.252. The Morgan fingerprint density at radius 3 is 2.80 bits per heavy atom. The zero-order chi connectivity index (χ0) is 7.56. The van der Waals surface area contributed by atoms with Crippen LogP contribution in [-0.2, 0) is 6.61 Å². The van der Waals surface area contributed by atoms with Crippen molar-refractivity contribution in [3.63, 3.8) is 0 Å². The van der Waals surface area contributed by atoms with Crippen molar-refractivity contribution in [2.24, 2.45) is 0 Å². The van der Waals surface area contributed by atoms with E-state index in [0.29, 0.717) is 10.2 Å². The third kappa shape index (κ3) is 1.52. The summed E-state index contributed by atoms with van der Waals surface area (Å²) in [4.78, 5) is 3.43. The van der Waals surface area contributed by atoms with Crippen LogP contribution in [0.2, 0.25) is 0 Å². The number of hydrogen-bond acceptors (Lipinski definition) is 2. The molecule has 0 bridgehead atoms. The lowest BCUT2D eigenvalue weighted by molar-refractivity contribution is 0.274. The highest BCUT2D eigenvalue weighted by molar-refractivity contribution is 9.10. The zero-order valence-corrected chi connectivity index (χ0v) is 6.60. The Labute approximate surface area is 65.8 Å². The maximum atomic E-state index is 12.3. The van der Waals surface area contributed by atoms with Gasteiger partial charge < -0.3 is 5.11 Å². The summed E-state index contributed by atoms with van der Waals surface area (Å²) in [5.41, 5.74) is 0.319. The molecule has 0 saturated carbocycles. The van der Waals surface area contributed by atoms with Crippen LogP contribution in [0.25, 0.3) is 0 Å². The van der Waals surface area contributed by atoms with Crippen molar-refractivity contribution in [3.05, 3.63) is 28.2 Å². The Morgan fingerprint density at radius 1 is 1.60 bits per heavy atom. The minimum atomic E-state index is -0.577. The quantitative estimate of drug-likeness (QED) is 0.705. The van der Waals surface area contributed by atoms with E-state index in [2.05, 4.69) is 20.9 Å². The average molecular weight is 206 g/mol. The molecule has 0 spiro atoms. The summed E-state index contributed by atoms with van der Waals surface area (Å²) in [5.74, 6) is -0.577. The molecule has 0 aliphatic heterocycles. The minimum absolute atomic E-state index is 0.252. The van der Waals surface area contributed by atoms with Gasteiger partial charge in [0.05, 0.1) is 12.3 Å². The first-order valence-electron chi connectivity index (χ1n) is 2.66. The molecule has 1 N–H and O–H groups in total. The van der Waals surface area contributed by atoms with E-state index >= 15 is 0 Å². The fourth-order valence-corrected chi connectivity index (χ4v) is 0.915. The number of halogens is 2. The molecule has 1 heterocycles. The van der Waals surface area contributed by atoms with E-state index in [4.69, 9.17) is 5.11 Å². The molecule has 0 aromatic carbocycles. The molecule has 0 saturated heterocycles. The van der Waals surface area contributed by atoms with Gasteiger partial charge in [-0.05, 0) is 28.1 Å². The highest BCUT2D eigenvalue weighted by Crippen LogP contribution is 2.13. The molecule has 0 atom stereocenters. The van der Waals surface area contributed by atoms with Crippen LogP contribution in [-0.4, -0.2) is 10.1 Å². The van der Waals surface area contributed by atoms with E-state index in [0.717, 1.165) is 0 Å². The summed E-state index contributed by atoms with van der Waals surface area (Å²) < 4.78 is 12.9. The van der Waals surface area contributed by atoms with E-state index in [9.17, 15) is 4.39 Å². The van der Waals surface area contributed by atoms with Crippen molar-refractivity contribution in [1.82, 2.24) is 4.98 Å². The Bertz CT molecular complexity index is 241.